The van der Waals surface area contributed by atoms with Gasteiger partial charge in [0.25, 0.3) is 21.6 Å². The van der Waals surface area contributed by atoms with Gasteiger partial charge >= 0.3 is 0 Å². The first-order valence-corrected chi connectivity index (χ1v) is 7.86. The summed E-state index contributed by atoms with van der Waals surface area (Å²) in [5.74, 6) is -0.456. The zero-order chi connectivity index (χ0) is 15.6. The number of benzene rings is 1. The zero-order valence-electron chi connectivity index (χ0n) is 10.7. The molecule has 1 amide bonds. The second kappa shape index (κ2) is 5.96. The van der Waals surface area contributed by atoms with Crippen molar-refractivity contribution in [1.29, 1.82) is 0 Å². The van der Waals surface area contributed by atoms with E-state index in [0.29, 0.717) is 4.31 Å². The molecule has 0 aliphatic carbocycles. The lowest BCUT2D eigenvalue weighted by Crippen LogP contribution is -2.33. The normalized spacial score (nSPS) is 16.0. The molecular formula is C11H11ClN2O6S. The van der Waals surface area contributed by atoms with Gasteiger partial charge in [-0.2, -0.15) is 0 Å². The molecule has 0 saturated heterocycles. The summed E-state index contributed by atoms with van der Waals surface area (Å²) < 4.78 is 30.2. The van der Waals surface area contributed by atoms with Crippen molar-refractivity contribution >= 4 is 33.2 Å². The van der Waals surface area contributed by atoms with Crippen molar-refractivity contribution in [3.05, 3.63) is 33.9 Å². The number of halogens is 1. The van der Waals surface area contributed by atoms with Gasteiger partial charge in [-0.25, -0.2) is 12.7 Å². The van der Waals surface area contributed by atoms with Crippen molar-refractivity contribution in [2.24, 2.45) is 0 Å². The Balaban J connectivity index is 2.29. The van der Waals surface area contributed by atoms with Crippen molar-refractivity contribution in [3.8, 4) is 0 Å². The molecule has 0 aromatic heterocycles. The van der Waals surface area contributed by atoms with E-state index in [0.717, 1.165) is 18.2 Å². The highest BCUT2D eigenvalue weighted by Crippen LogP contribution is 2.32. The molecule has 1 aliphatic rings. The first-order chi connectivity index (χ1) is 9.89. The minimum atomic E-state index is -4.07. The number of nitro benzene ring substituents is 1. The van der Waals surface area contributed by atoms with Gasteiger partial charge in [0.2, 0.25) is 0 Å². The van der Waals surface area contributed by atoms with Crippen LogP contribution in [0.4, 0.5) is 5.69 Å². The van der Waals surface area contributed by atoms with Crippen LogP contribution in [-0.2, 0) is 14.8 Å². The van der Waals surface area contributed by atoms with Crippen LogP contribution in [0, 0.1) is 10.1 Å². The number of amides is 1. The Bertz CT molecular complexity index is 690. The first kappa shape index (κ1) is 15.7. The van der Waals surface area contributed by atoms with E-state index in [1.165, 1.54) is 0 Å². The smallest absolute Gasteiger partial charge is 0.270 e. The highest BCUT2D eigenvalue weighted by Gasteiger charge is 2.41. The maximum atomic E-state index is 12.2. The molecule has 2 rings (SSSR count). The maximum Gasteiger partial charge on any atom is 0.270 e. The van der Waals surface area contributed by atoms with E-state index < -0.39 is 20.9 Å². The Labute approximate surface area is 125 Å². The predicted octanol–water partition coefficient (Wildman–Crippen LogP) is 0.995. The third kappa shape index (κ3) is 2.85. The standard InChI is InChI=1S/C11H11ClN2O6S/c12-3-5-20-6-4-13-11(15)9-2-1-8(14(16)17)7-10(9)21(13,18)19/h1-2,7H,3-6H2. The van der Waals surface area contributed by atoms with Gasteiger partial charge in [0, 0.05) is 18.0 Å². The number of nitrogens with zero attached hydrogens (tertiary/aromatic N) is 2. The number of carbonyl (C=O) groups is 1. The molecule has 1 aromatic rings. The van der Waals surface area contributed by atoms with Crippen molar-refractivity contribution in [2.45, 2.75) is 4.90 Å². The Morgan fingerprint density at radius 3 is 2.67 bits per heavy atom. The second-order valence-electron chi connectivity index (χ2n) is 4.12. The molecule has 0 radical (unpaired) electrons. The van der Waals surface area contributed by atoms with Crippen molar-refractivity contribution in [2.75, 3.05) is 25.6 Å². The fourth-order valence-electron chi connectivity index (χ4n) is 1.90. The summed E-state index contributed by atoms with van der Waals surface area (Å²) >= 11 is 5.41. The fourth-order valence-corrected chi connectivity index (χ4v) is 3.58. The molecule has 0 bridgehead atoms. The van der Waals surface area contributed by atoms with E-state index in [1.807, 2.05) is 0 Å². The molecule has 1 aromatic carbocycles. The fraction of sp³-hybridized carbons (Fsp3) is 0.364. The number of sulfonamides is 1. The van der Waals surface area contributed by atoms with Crippen molar-refractivity contribution in [1.82, 2.24) is 4.31 Å². The van der Waals surface area contributed by atoms with Crippen LogP contribution < -0.4 is 0 Å². The number of carbonyl (C=O) groups excluding carboxylic acids is 1. The Morgan fingerprint density at radius 1 is 1.33 bits per heavy atom. The monoisotopic (exact) mass is 334 g/mol. The molecule has 0 spiro atoms. The summed E-state index contributed by atoms with van der Waals surface area (Å²) in [6, 6.07) is 3.13. The van der Waals surface area contributed by atoms with Gasteiger partial charge in [-0.1, -0.05) is 0 Å². The number of hydrogen-bond donors (Lipinski definition) is 0. The number of rotatable bonds is 6. The highest BCUT2D eigenvalue weighted by atomic mass is 35.5. The van der Waals surface area contributed by atoms with Crippen LogP contribution >= 0.6 is 11.6 Å². The van der Waals surface area contributed by atoms with Crippen LogP contribution in [0.25, 0.3) is 0 Å². The number of alkyl halides is 1. The van der Waals surface area contributed by atoms with Crippen molar-refractivity contribution < 1.29 is 22.9 Å². The van der Waals surface area contributed by atoms with Gasteiger partial charge in [-0.3, -0.25) is 14.9 Å². The van der Waals surface area contributed by atoms with E-state index in [-0.39, 0.29) is 41.8 Å². The Kier molecular flexibility index (Phi) is 4.45. The predicted molar refractivity (Wildman–Crippen MR) is 72.9 cm³/mol. The summed E-state index contributed by atoms with van der Waals surface area (Å²) in [5.41, 5.74) is -0.455. The third-order valence-corrected chi connectivity index (χ3v) is 4.84. The number of non-ortho nitro benzene ring substituents is 1. The van der Waals surface area contributed by atoms with Crippen LogP contribution in [-0.4, -0.2) is 49.2 Å². The average molecular weight is 335 g/mol. The summed E-state index contributed by atoms with van der Waals surface area (Å²) in [5, 5.41) is 10.7. The van der Waals surface area contributed by atoms with Crippen LogP contribution in [0.1, 0.15) is 10.4 Å². The lowest BCUT2D eigenvalue weighted by molar-refractivity contribution is -0.385. The second-order valence-corrected chi connectivity index (χ2v) is 6.33. The van der Waals surface area contributed by atoms with Crippen LogP contribution in [0.3, 0.4) is 0 Å². The van der Waals surface area contributed by atoms with Gasteiger partial charge in [0.1, 0.15) is 4.90 Å². The quantitative estimate of drug-likeness (QED) is 0.332. The number of fused-ring (bicyclic) bond motifs is 1. The van der Waals surface area contributed by atoms with Gasteiger partial charge in [-0.15, -0.1) is 11.6 Å². The average Bonchev–Trinajstić information content (AvgIpc) is 2.63. The SMILES string of the molecule is O=C1c2ccc([N+](=O)[O-])cc2S(=O)(=O)N1CCOCCCl. The van der Waals surface area contributed by atoms with Gasteiger partial charge < -0.3 is 4.74 Å². The largest absolute Gasteiger partial charge is 0.378 e. The molecule has 0 fully saturated rings. The Morgan fingerprint density at radius 2 is 2.05 bits per heavy atom. The third-order valence-electron chi connectivity index (χ3n) is 2.86. The van der Waals surface area contributed by atoms with E-state index >= 15 is 0 Å². The van der Waals surface area contributed by atoms with Crippen LogP contribution in [0.5, 0.6) is 0 Å². The molecule has 0 unspecified atom stereocenters. The molecular weight excluding hydrogens is 324 g/mol. The molecule has 10 heteroatoms. The summed E-state index contributed by atoms with van der Waals surface area (Å²) in [6.45, 7) is 0.0797. The number of hydrogen-bond acceptors (Lipinski definition) is 6. The lowest BCUT2D eigenvalue weighted by atomic mass is 10.2. The molecule has 8 nitrogen and oxygen atoms in total. The number of ether oxygens (including phenoxy) is 1. The molecule has 114 valence electrons. The molecule has 1 heterocycles. The van der Waals surface area contributed by atoms with Gasteiger partial charge in [0.05, 0.1) is 30.2 Å². The van der Waals surface area contributed by atoms with E-state index in [1.54, 1.807) is 0 Å². The summed E-state index contributed by atoms with van der Waals surface area (Å²) in [6.07, 6.45) is 0. The topological polar surface area (TPSA) is 107 Å². The molecule has 0 atom stereocenters. The summed E-state index contributed by atoms with van der Waals surface area (Å²) in [7, 11) is -4.07. The minimum absolute atomic E-state index is 0.00771. The van der Waals surface area contributed by atoms with Gasteiger partial charge in [0.15, 0.2) is 0 Å². The zero-order valence-corrected chi connectivity index (χ0v) is 12.3. The van der Waals surface area contributed by atoms with Crippen molar-refractivity contribution in [3.63, 3.8) is 0 Å². The van der Waals surface area contributed by atoms with Gasteiger partial charge in [-0.05, 0) is 6.07 Å². The van der Waals surface area contributed by atoms with E-state index in [9.17, 15) is 23.3 Å². The first-order valence-electron chi connectivity index (χ1n) is 5.89. The lowest BCUT2D eigenvalue weighted by Gasteiger charge is -2.14. The number of nitro groups is 1. The molecule has 0 saturated carbocycles. The molecule has 21 heavy (non-hydrogen) atoms. The molecule has 0 N–H and O–H groups in total. The maximum absolute atomic E-state index is 12.2. The minimum Gasteiger partial charge on any atom is -0.378 e. The van der Waals surface area contributed by atoms with E-state index in [4.69, 9.17) is 16.3 Å². The van der Waals surface area contributed by atoms with Crippen LogP contribution in [0.2, 0.25) is 0 Å². The summed E-state index contributed by atoms with van der Waals surface area (Å²) in [4.78, 5) is 21.7. The highest BCUT2D eigenvalue weighted by molar-refractivity contribution is 7.90. The molecule has 1 aliphatic heterocycles. The Hall–Kier alpha value is -1.71. The van der Waals surface area contributed by atoms with E-state index in [2.05, 4.69) is 0 Å². The van der Waals surface area contributed by atoms with Crippen LogP contribution in [0.15, 0.2) is 23.1 Å².